The summed E-state index contributed by atoms with van der Waals surface area (Å²) in [7, 11) is 0.687. The zero-order valence-corrected chi connectivity index (χ0v) is 7.66. The molecule has 0 saturated heterocycles. The Hall–Kier alpha value is 0.630. The SMILES string of the molecule is BrC1=COOP=C1Br. The van der Waals surface area contributed by atoms with Crippen LogP contribution in [-0.2, 0) is 9.56 Å². The molecule has 0 aliphatic carbocycles. The predicted molar refractivity (Wildman–Crippen MR) is 40.0 cm³/mol. The summed E-state index contributed by atoms with van der Waals surface area (Å²) in [6, 6.07) is 0. The Morgan fingerprint density at radius 3 is 2.62 bits per heavy atom. The van der Waals surface area contributed by atoms with Crippen LogP contribution in [0.15, 0.2) is 10.7 Å². The molecule has 1 heterocycles. The second-order valence-corrected chi connectivity index (χ2v) is 4.06. The summed E-state index contributed by atoms with van der Waals surface area (Å²) in [5.41, 5.74) is 0. The van der Waals surface area contributed by atoms with Crippen LogP contribution in [-0.4, -0.2) is 4.20 Å². The van der Waals surface area contributed by atoms with E-state index in [9.17, 15) is 0 Å². The maximum Gasteiger partial charge on any atom is 0.146 e. The lowest BCUT2D eigenvalue weighted by atomic mass is 10.7. The van der Waals surface area contributed by atoms with E-state index < -0.39 is 0 Å². The molecule has 1 rings (SSSR count). The third-order valence-electron chi connectivity index (χ3n) is 0.509. The molecule has 0 atom stereocenters. The highest BCUT2D eigenvalue weighted by atomic mass is 79.9. The molecule has 0 aromatic heterocycles. The van der Waals surface area contributed by atoms with Gasteiger partial charge in [-0.15, -0.1) is 4.67 Å². The Morgan fingerprint density at radius 1 is 1.50 bits per heavy atom. The topological polar surface area (TPSA) is 18.5 Å². The van der Waals surface area contributed by atoms with Crippen molar-refractivity contribution in [3.8, 4) is 0 Å². The number of halogens is 2. The standard InChI is InChI=1S/C3HBr2O2P/c4-2-1-6-7-8-3(2)5/h1H. The molecule has 0 saturated carbocycles. The Balaban J connectivity index is 2.73. The first kappa shape index (κ1) is 6.75. The summed E-state index contributed by atoms with van der Waals surface area (Å²) in [5.74, 6) is 0. The van der Waals surface area contributed by atoms with Gasteiger partial charge in [-0.3, -0.25) is 0 Å². The first-order valence-corrected chi connectivity index (χ1v) is 4.12. The van der Waals surface area contributed by atoms with E-state index in [2.05, 4.69) is 41.4 Å². The molecule has 8 heavy (non-hydrogen) atoms. The van der Waals surface area contributed by atoms with Gasteiger partial charge in [-0.2, -0.15) is 0 Å². The molecule has 2 nitrogen and oxygen atoms in total. The number of hydrogen-bond acceptors (Lipinski definition) is 2. The van der Waals surface area contributed by atoms with Crippen molar-refractivity contribution in [1.29, 1.82) is 0 Å². The lowest BCUT2D eigenvalue weighted by Gasteiger charge is -2.01. The van der Waals surface area contributed by atoms with Crippen molar-refractivity contribution in [1.82, 2.24) is 0 Å². The molecule has 0 amide bonds. The highest BCUT2D eigenvalue weighted by Crippen LogP contribution is 2.24. The Labute approximate surface area is 64.9 Å². The summed E-state index contributed by atoms with van der Waals surface area (Å²) in [5, 5.41) is 0. The maximum atomic E-state index is 4.53. The van der Waals surface area contributed by atoms with Crippen LogP contribution in [0.25, 0.3) is 0 Å². The summed E-state index contributed by atoms with van der Waals surface area (Å²) < 4.78 is 6.35. The molecule has 0 radical (unpaired) electrons. The van der Waals surface area contributed by atoms with E-state index in [1.807, 2.05) is 0 Å². The molecule has 0 fully saturated rings. The highest BCUT2D eigenvalue weighted by Gasteiger charge is 2.03. The first-order chi connectivity index (χ1) is 3.80. The molecule has 1 aliphatic heterocycles. The molecular formula is C3HBr2O2P. The second kappa shape index (κ2) is 2.97. The molecule has 0 aromatic rings. The van der Waals surface area contributed by atoms with Crippen LogP contribution >= 0.6 is 40.3 Å². The van der Waals surface area contributed by atoms with Gasteiger partial charge in [0.25, 0.3) is 0 Å². The van der Waals surface area contributed by atoms with Crippen LogP contribution in [0, 0.1) is 0 Å². The van der Waals surface area contributed by atoms with Gasteiger partial charge in [-0.1, -0.05) is 0 Å². The van der Waals surface area contributed by atoms with Gasteiger partial charge in [0.05, 0.1) is 8.69 Å². The molecule has 0 unspecified atom stereocenters. The summed E-state index contributed by atoms with van der Waals surface area (Å²) in [6.07, 6.45) is 1.47. The fourth-order valence-corrected chi connectivity index (χ4v) is 1.07. The van der Waals surface area contributed by atoms with Crippen LogP contribution in [0.1, 0.15) is 0 Å². The van der Waals surface area contributed by atoms with Crippen molar-refractivity contribution < 1.29 is 9.56 Å². The van der Waals surface area contributed by atoms with Gasteiger partial charge in [0, 0.05) is 0 Å². The van der Waals surface area contributed by atoms with E-state index in [1.165, 1.54) is 6.26 Å². The van der Waals surface area contributed by atoms with Crippen LogP contribution in [0.3, 0.4) is 0 Å². The smallest absolute Gasteiger partial charge is 0.146 e. The molecule has 5 heteroatoms. The lowest BCUT2D eigenvalue weighted by Crippen LogP contribution is -1.89. The van der Waals surface area contributed by atoms with Gasteiger partial charge < -0.3 is 4.89 Å². The average molecular weight is 260 g/mol. The fraction of sp³-hybridized carbons (Fsp3) is 0. The zero-order chi connectivity index (χ0) is 5.98. The lowest BCUT2D eigenvalue weighted by molar-refractivity contribution is -0.133. The summed E-state index contributed by atoms with van der Waals surface area (Å²) in [6.45, 7) is 0. The van der Waals surface area contributed by atoms with Crippen LogP contribution in [0.4, 0.5) is 0 Å². The minimum atomic E-state index is 0.687. The fourth-order valence-electron chi connectivity index (χ4n) is 0.210. The first-order valence-electron chi connectivity index (χ1n) is 1.73. The molecule has 44 valence electrons. The van der Waals surface area contributed by atoms with Crippen molar-refractivity contribution in [2.24, 2.45) is 0 Å². The van der Waals surface area contributed by atoms with Crippen molar-refractivity contribution in [3.63, 3.8) is 0 Å². The third kappa shape index (κ3) is 1.55. The van der Waals surface area contributed by atoms with Crippen molar-refractivity contribution in [3.05, 3.63) is 10.7 Å². The summed E-state index contributed by atoms with van der Waals surface area (Å²) >= 11 is 6.46. The highest BCUT2D eigenvalue weighted by molar-refractivity contribution is 9.21. The van der Waals surface area contributed by atoms with Crippen LogP contribution < -0.4 is 0 Å². The van der Waals surface area contributed by atoms with Crippen molar-refractivity contribution in [2.75, 3.05) is 0 Å². The van der Waals surface area contributed by atoms with E-state index in [4.69, 9.17) is 0 Å². The number of rotatable bonds is 0. The van der Waals surface area contributed by atoms with Gasteiger partial charge >= 0.3 is 0 Å². The Bertz CT molecular complexity index is 135. The monoisotopic (exact) mass is 258 g/mol. The van der Waals surface area contributed by atoms with Crippen LogP contribution in [0.2, 0.25) is 0 Å². The van der Waals surface area contributed by atoms with Gasteiger partial charge in [0.2, 0.25) is 0 Å². The second-order valence-electron chi connectivity index (χ2n) is 1.02. The molecule has 0 bridgehead atoms. The van der Waals surface area contributed by atoms with Gasteiger partial charge in [0.15, 0.2) is 0 Å². The predicted octanol–water partition coefficient (Wildman–Crippen LogP) is 2.57. The number of allylic oxidation sites excluding steroid dienone is 1. The molecule has 0 N–H and O–H groups in total. The molecule has 0 aromatic carbocycles. The average Bonchev–Trinajstić information content (AvgIpc) is 1.77. The quantitative estimate of drug-likeness (QED) is 0.492. The minimum Gasteiger partial charge on any atom is -0.335 e. The van der Waals surface area contributed by atoms with Crippen LogP contribution in [0.5, 0.6) is 0 Å². The van der Waals surface area contributed by atoms with Crippen molar-refractivity contribution >= 4 is 44.5 Å². The number of hydrogen-bond donors (Lipinski definition) is 0. The van der Waals surface area contributed by atoms with E-state index in [0.29, 0.717) is 8.43 Å². The van der Waals surface area contributed by atoms with E-state index in [1.54, 1.807) is 0 Å². The van der Waals surface area contributed by atoms with E-state index in [-0.39, 0.29) is 0 Å². The van der Waals surface area contributed by atoms with Gasteiger partial charge in [-0.25, -0.2) is 0 Å². The minimum absolute atomic E-state index is 0.687. The van der Waals surface area contributed by atoms with Gasteiger partial charge in [0.1, 0.15) is 14.7 Å². The molecule has 1 aliphatic rings. The Morgan fingerprint density at radius 2 is 2.25 bits per heavy atom. The van der Waals surface area contributed by atoms with Crippen molar-refractivity contribution in [2.45, 2.75) is 0 Å². The molecule has 0 spiro atoms. The zero-order valence-electron chi connectivity index (χ0n) is 3.60. The normalized spacial score (nSPS) is 20.8. The van der Waals surface area contributed by atoms with Gasteiger partial charge in [-0.05, 0) is 31.9 Å². The van der Waals surface area contributed by atoms with E-state index in [0.717, 1.165) is 8.69 Å². The third-order valence-corrected chi connectivity index (χ3v) is 3.35. The summed E-state index contributed by atoms with van der Waals surface area (Å²) in [4.78, 5) is 4.48. The largest absolute Gasteiger partial charge is 0.335 e. The Kier molecular flexibility index (Phi) is 2.50. The van der Waals surface area contributed by atoms with E-state index >= 15 is 0 Å². The maximum absolute atomic E-state index is 4.53. The molecular weight excluding hydrogens is 259 g/mol.